The van der Waals surface area contributed by atoms with Crippen molar-refractivity contribution in [1.29, 1.82) is 0 Å². The van der Waals surface area contributed by atoms with Gasteiger partial charge in [-0.05, 0) is 36.2 Å². The van der Waals surface area contributed by atoms with Crippen LogP contribution in [0.25, 0.3) is 0 Å². The molecule has 2 N–H and O–H groups in total. The molecule has 2 nitrogen and oxygen atoms in total. The SMILES string of the molecule is Cc1ccc(C(C(N)=O)(c2ccc(F)cc2)c2ccccc2F)cc1. The molecule has 4 heteroatoms. The van der Waals surface area contributed by atoms with E-state index in [4.69, 9.17) is 5.73 Å². The van der Waals surface area contributed by atoms with Crippen LogP contribution in [-0.4, -0.2) is 5.91 Å². The summed E-state index contributed by atoms with van der Waals surface area (Å²) in [7, 11) is 0. The minimum atomic E-state index is -1.55. The summed E-state index contributed by atoms with van der Waals surface area (Å²) in [5.74, 6) is -1.72. The maximum Gasteiger partial charge on any atom is 0.237 e. The maximum atomic E-state index is 14.7. The molecule has 0 aliphatic heterocycles. The summed E-state index contributed by atoms with van der Waals surface area (Å²) in [4.78, 5) is 12.7. The van der Waals surface area contributed by atoms with E-state index in [1.807, 2.05) is 19.1 Å². The molecule has 0 saturated carbocycles. The number of carbonyl (C=O) groups excluding carboxylic acids is 1. The molecular formula is C21H17F2NO. The van der Waals surface area contributed by atoms with E-state index in [-0.39, 0.29) is 5.56 Å². The Morgan fingerprint density at radius 1 is 0.840 bits per heavy atom. The third kappa shape index (κ3) is 2.80. The molecule has 0 saturated heterocycles. The molecule has 0 radical (unpaired) electrons. The van der Waals surface area contributed by atoms with Crippen LogP contribution in [0.2, 0.25) is 0 Å². The highest BCUT2D eigenvalue weighted by molar-refractivity contribution is 5.95. The third-order valence-electron chi connectivity index (χ3n) is 4.41. The summed E-state index contributed by atoms with van der Waals surface area (Å²) >= 11 is 0. The van der Waals surface area contributed by atoms with Crippen molar-refractivity contribution < 1.29 is 13.6 Å². The van der Waals surface area contributed by atoms with Crippen LogP contribution < -0.4 is 5.73 Å². The molecule has 0 aliphatic carbocycles. The van der Waals surface area contributed by atoms with Gasteiger partial charge in [0.1, 0.15) is 17.0 Å². The Hall–Kier alpha value is -3.01. The lowest BCUT2D eigenvalue weighted by molar-refractivity contribution is -0.121. The lowest BCUT2D eigenvalue weighted by Gasteiger charge is -2.33. The highest BCUT2D eigenvalue weighted by atomic mass is 19.1. The zero-order valence-corrected chi connectivity index (χ0v) is 13.7. The molecule has 3 aromatic carbocycles. The van der Waals surface area contributed by atoms with Gasteiger partial charge in [0.15, 0.2) is 0 Å². The van der Waals surface area contributed by atoms with E-state index in [1.54, 1.807) is 24.3 Å². The average molecular weight is 337 g/mol. The number of amides is 1. The standard InChI is InChI=1S/C21H17F2NO/c1-14-6-8-15(9-7-14)21(20(24)25,16-10-12-17(22)13-11-16)18-4-2-3-5-19(18)23/h2-13H,1H3,(H2,24,25). The van der Waals surface area contributed by atoms with Crippen LogP contribution in [0, 0.1) is 18.6 Å². The Bertz CT molecular complexity index is 856. The van der Waals surface area contributed by atoms with Crippen LogP contribution >= 0.6 is 0 Å². The van der Waals surface area contributed by atoms with Gasteiger partial charge in [0.25, 0.3) is 0 Å². The summed E-state index contributed by atoms with van der Waals surface area (Å²) < 4.78 is 28.1. The van der Waals surface area contributed by atoms with Crippen LogP contribution in [0.3, 0.4) is 0 Å². The molecule has 0 bridgehead atoms. The van der Waals surface area contributed by atoms with Gasteiger partial charge in [-0.25, -0.2) is 8.78 Å². The fraction of sp³-hybridized carbons (Fsp3) is 0.0952. The number of benzene rings is 3. The topological polar surface area (TPSA) is 43.1 Å². The quantitative estimate of drug-likeness (QED) is 0.716. The van der Waals surface area contributed by atoms with Crippen LogP contribution in [0.15, 0.2) is 72.8 Å². The first-order valence-electron chi connectivity index (χ1n) is 7.84. The van der Waals surface area contributed by atoms with Gasteiger partial charge < -0.3 is 5.73 Å². The number of rotatable bonds is 4. The highest BCUT2D eigenvalue weighted by Crippen LogP contribution is 2.40. The van der Waals surface area contributed by atoms with Crippen molar-refractivity contribution in [3.05, 3.63) is 107 Å². The minimum Gasteiger partial charge on any atom is -0.368 e. The zero-order valence-electron chi connectivity index (χ0n) is 13.7. The lowest BCUT2D eigenvalue weighted by atomic mass is 9.68. The molecule has 3 aromatic rings. The van der Waals surface area contributed by atoms with E-state index >= 15 is 0 Å². The Kier molecular flexibility index (Phi) is 4.36. The molecule has 0 aromatic heterocycles. The van der Waals surface area contributed by atoms with Gasteiger partial charge in [-0.1, -0.05) is 60.2 Å². The van der Waals surface area contributed by atoms with Crippen molar-refractivity contribution in [2.45, 2.75) is 12.3 Å². The molecule has 3 rings (SSSR count). The van der Waals surface area contributed by atoms with Gasteiger partial charge in [-0.2, -0.15) is 0 Å². The molecule has 126 valence electrons. The van der Waals surface area contributed by atoms with Crippen molar-refractivity contribution in [2.75, 3.05) is 0 Å². The average Bonchev–Trinajstić information content (AvgIpc) is 2.59. The van der Waals surface area contributed by atoms with Gasteiger partial charge in [0.2, 0.25) is 5.91 Å². The van der Waals surface area contributed by atoms with Crippen molar-refractivity contribution in [2.24, 2.45) is 5.73 Å². The first-order valence-corrected chi connectivity index (χ1v) is 7.84. The smallest absolute Gasteiger partial charge is 0.237 e. The second-order valence-electron chi connectivity index (χ2n) is 5.97. The molecule has 0 aliphatic rings. The molecule has 0 fully saturated rings. The third-order valence-corrected chi connectivity index (χ3v) is 4.41. The number of hydrogen-bond acceptors (Lipinski definition) is 1. The second-order valence-corrected chi connectivity index (χ2v) is 5.97. The predicted octanol–water partition coefficient (Wildman–Crippen LogP) is 4.09. The van der Waals surface area contributed by atoms with Gasteiger partial charge in [-0.15, -0.1) is 0 Å². The fourth-order valence-corrected chi connectivity index (χ4v) is 3.16. The normalized spacial score (nSPS) is 13.2. The van der Waals surface area contributed by atoms with E-state index < -0.39 is 23.0 Å². The summed E-state index contributed by atoms with van der Waals surface area (Å²) in [6.07, 6.45) is 0. The first kappa shape index (κ1) is 16.8. The zero-order chi connectivity index (χ0) is 18.0. The summed E-state index contributed by atoms with van der Waals surface area (Å²) in [6.45, 7) is 1.91. The molecule has 1 atom stereocenters. The monoisotopic (exact) mass is 337 g/mol. The van der Waals surface area contributed by atoms with E-state index in [2.05, 4.69) is 0 Å². The second kappa shape index (κ2) is 6.48. The summed E-state index contributed by atoms with van der Waals surface area (Å²) in [5, 5.41) is 0. The summed E-state index contributed by atoms with van der Waals surface area (Å²) in [6, 6.07) is 18.6. The summed E-state index contributed by atoms with van der Waals surface area (Å²) in [5.41, 5.74) is 6.34. The number of primary amides is 1. The van der Waals surface area contributed by atoms with Crippen molar-refractivity contribution in [3.63, 3.8) is 0 Å². The molecule has 0 spiro atoms. The van der Waals surface area contributed by atoms with Crippen LogP contribution in [0.1, 0.15) is 22.3 Å². The predicted molar refractivity (Wildman–Crippen MR) is 93.1 cm³/mol. The van der Waals surface area contributed by atoms with E-state index in [0.717, 1.165) is 5.56 Å². The number of aryl methyl sites for hydroxylation is 1. The maximum absolute atomic E-state index is 14.7. The lowest BCUT2D eigenvalue weighted by Crippen LogP contribution is -2.44. The van der Waals surface area contributed by atoms with Gasteiger partial charge >= 0.3 is 0 Å². The van der Waals surface area contributed by atoms with Gasteiger partial charge in [-0.3, -0.25) is 4.79 Å². The van der Waals surface area contributed by atoms with Crippen LogP contribution in [-0.2, 0) is 10.2 Å². The molecule has 1 unspecified atom stereocenters. The highest BCUT2D eigenvalue weighted by Gasteiger charge is 2.44. The Balaban J connectivity index is 2.40. The van der Waals surface area contributed by atoms with Gasteiger partial charge in [0, 0.05) is 5.56 Å². The Labute approximate surface area is 144 Å². The number of halogens is 2. The van der Waals surface area contributed by atoms with E-state index in [1.165, 1.54) is 36.4 Å². The number of carbonyl (C=O) groups is 1. The first-order chi connectivity index (χ1) is 12.0. The van der Waals surface area contributed by atoms with Gasteiger partial charge in [0.05, 0.1) is 0 Å². The number of nitrogens with two attached hydrogens (primary N) is 1. The molecular weight excluding hydrogens is 320 g/mol. The minimum absolute atomic E-state index is 0.137. The van der Waals surface area contributed by atoms with Crippen LogP contribution in [0.4, 0.5) is 8.78 Å². The molecule has 0 heterocycles. The van der Waals surface area contributed by atoms with Crippen molar-refractivity contribution >= 4 is 5.91 Å². The molecule has 25 heavy (non-hydrogen) atoms. The molecule has 1 amide bonds. The number of hydrogen-bond donors (Lipinski definition) is 1. The van der Waals surface area contributed by atoms with Crippen LogP contribution in [0.5, 0.6) is 0 Å². The largest absolute Gasteiger partial charge is 0.368 e. The van der Waals surface area contributed by atoms with Crippen molar-refractivity contribution in [1.82, 2.24) is 0 Å². The Morgan fingerprint density at radius 3 is 1.88 bits per heavy atom. The van der Waals surface area contributed by atoms with E-state index in [9.17, 15) is 13.6 Å². The Morgan fingerprint density at radius 2 is 1.36 bits per heavy atom. The fourth-order valence-electron chi connectivity index (χ4n) is 3.16. The van der Waals surface area contributed by atoms with Crippen molar-refractivity contribution in [3.8, 4) is 0 Å². The van der Waals surface area contributed by atoms with E-state index in [0.29, 0.717) is 11.1 Å².